The summed E-state index contributed by atoms with van der Waals surface area (Å²) in [6.07, 6.45) is 0. The third-order valence-electron chi connectivity index (χ3n) is 3.10. The first-order valence-corrected chi connectivity index (χ1v) is 6.82. The van der Waals surface area contributed by atoms with Crippen LogP contribution in [0.25, 0.3) is 0 Å². The highest BCUT2D eigenvalue weighted by atomic mass is 16.5. The lowest BCUT2D eigenvalue weighted by Gasteiger charge is -2.12. The van der Waals surface area contributed by atoms with Crippen LogP contribution in [0.15, 0.2) is 48.5 Å². The molecule has 0 aliphatic carbocycles. The van der Waals surface area contributed by atoms with Crippen molar-refractivity contribution in [2.75, 3.05) is 25.6 Å². The number of nitrogens with one attached hydrogen (secondary N) is 1. The van der Waals surface area contributed by atoms with Gasteiger partial charge in [-0.3, -0.25) is 0 Å². The van der Waals surface area contributed by atoms with Crippen molar-refractivity contribution >= 4 is 11.7 Å². The number of ether oxygens (including phenoxy) is 2. The monoisotopic (exact) mass is 285 g/mol. The third kappa shape index (κ3) is 3.99. The highest BCUT2D eigenvalue weighted by Gasteiger charge is 2.10. The van der Waals surface area contributed by atoms with E-state index in [1.807, 2.05) is 43.3 Å². The van der Waals surface area contributed by atoms with Crippen molar-refractivity contribution in [2.24, 2.45) is 0 Å². The van der Waals surface area contributed by atoms with Crippen LogP contribution in [0.4, 0.5) is 5.69 Å². The Morgan fingerprint density at radius 2 is 1.81 bits per heavy atom. The number of benzene rings is 2. The fourth-order valence-corrected chi connectivity index (χ4v) is 1.99. The Hall–Kier alpha value is -2.49. The first kappa shape index (κ1) is 14.9. The number of para-hydroxylation sites is 2. The molecule has 2 aromatic rings. The van der Waals surface area contributed by atoms with Crippen molar-refractivity contribution in [1.29, 1.82) is 0 Å². The Labute approximate surface area is 124 Å². The molecule has 4 nitrogen and oxygen atoms in total. The molecule has 4 heteroatoms. The van der Waals surface area contributed by atoms with E-state index in [9.17, 15) is 4.79 Å². The second-order valence-electron chi connectivity index (χ2n) is 4.58. The number of carbonyl (C=O) groups excluding carboxylic acids is 1. The quantitative estimate of drug-likeness (QED) is 0.653. The van der Waals surface area contributed by atoms with Gasteiger partial charge in [0.25, 0.3) is 0 Å². The third-order valence-corrected chi connectivity index (χ3v) is 3.10. The number of aryl methyl sites for hydroxylation is 1. The molecule has 0 fully saturated rings. The van der Waals surface area contributed by atoms with Crippen molar-refractivity contribution in [3.8, 4) is 5.75 Å². The zero-order valence-corrected chi connectivity index (χ0v) is 12.3. The number of esters is 1. The molecule has 2 aromatic carbocycles. The summed E-state index contributed by atoms with van der Waals surface area (Å²) < 4.78 is 10.5. The standard InChI is InChI=1S/C17H19NO3/c1-13-7-3-6-10-16(13)21-12-11-18-15-9-5-4-8-14(15)17(19)20-2/h3-10,18H,11-12H2,1-2H3. The van der Waals surface area contributed by atoms with Crippen LogP contribution in [-0.4, -0.2) is 26.2 Å². The smallest absolute Gasteiger partial charge is 0.339 e. The van der Waals surface area contributed by atoms with Crippen LogP contribution < -0.4 is 10.1 Å². The summed E-state index contributed by atoms with van der Waals surface area (Å²) in [5.74, 6) is 0.526. The van der Waals surface area contributed by atoms with Gasteiger partial charge < -0.3 is 14.8 Å². The van der Waals surface area contributed by atoms with E-state index >= 15 is 0 Å². The number of carbonyl (C=O) groups is 1. The largest absolute Gasteiger partial charge is 0.491 e. The lowest BCUT2D eigenvalue weighted by Crippen LogP contribution is -2.14. The van der Waals surface area contributed by atoms with E-state index in [0.29, 0.717) is 18.7 Å². The number of hydrogen-bond acceptors (Lipinski definition) is 4. The predicted octanol–water partition coefficient (Wildman–Crippen LogP) is 3.27. The van der Waals surface area contributed by atoms with Crippen LogP contribution >= 0.6 is 0 Å². The topological polar surface area (TPSA) is 47.6 Å². The average molecular weight is 285 g/mol. The van der Waals surface area contributed by atoms with E-state index in [1.165, 1.54) is 7.11 Å². The summed E-state index contributed by atoms with van der Waals surface area (Å²) in [7, 11) is 1.38. The molecule has 0 heterocycles. The highest BCUT2D eigenvalue weighted by Crippen LogP contribution is 2.17. The van der Waals surface area contributed by atoms with Gasteiger partial charge in [0.1, 0.15) is 12.4 Å². The Morgan fingerprint density at radius 1 is 1.10 bits per heavy atom. The maximum absolute atomic E-state index is 11.6. The average Bonchev–Trinajstić information content (AvgIpc) is 2.52. The fraction of sp³-hybridized carbons (Fsp3) is 0.235. The zero-order chi connectivity index (χ0) is 15.1. The molecular weight excluding hydrogens is 266 g/mol. The maximum Gasteiger partial charge on any atom is 0.339 e. The molecule has 0 saturated heterocycles. The molecular formula is C17H19NO3. The van der Waals surface area contributed by atoms with Crippen LogP contribution in [0.3, 0.4) is 0 Å². The molecule has 1 N–H and O–H groups in total. The summed E-state index contributed by atoms with van der Waals surface area (Å²) >= 11 is 0. The lowest BCUT2D eigenvalue weighted by molar-refractivity contribution is 0.0602. The maximum atomic E-state index is 11.6. The van der Waals surface area contributed by atoms with Gasteiger partial charge in [-0.05, 0) is 30.7 Å². The van der Waals surface area contributed by atoms with Gasteiger partial charge in [0.15, 0.2) is 0 Å². The van der Waals surface area contributed by atoms with Crippen molar-refractivity contribution in [3.63, 3.8) is 0 Å². The normalized spacial score (nSPS) is 10.0. The van der Waals surface area contributed by atoms with Gasteiger partial charge >= 0.3 is 5.97 Å². The van der Waals surface area contributed by atoms with Gasteiger partial charge in [0, 0.05) is 12.2 Å². The molecule has 0 atom stereocenters. The fourth-order valence-electron chi connectivity index (χ4n) is 1.99. The number of rotatable bonds is 6. The molecule has 0 aromatic heterocycles. The Morgan fingerprint density at radius 3 is 2.57 bits per heavy atom. The van der Waals surface area contributed by atoms with Crippen LogP contribution in [-0.2, 0) is 4.74 Å². The molecule has 0 amide bonds. The van der Waals surface area contributed by atoms with Crippen molar-refractivity contribution < 1.29 is 14.3 Å². The Balaban J connectivity index is 1.90. The summed E-state index contributed by atoms with van der Waals surface area (Å²) in [5, 5.41) is 3.19. The van der Waals surface area contributed by atoms with Gasteiger partial charge in [-0.25, -0.2) is 4.79 Å². The van der Waals surface area contributed by atoms with Crippen molar-refractivity contribution in [1.82, 2.24) is 0 Å². The molecule has 21 heavy (non-hydrogen) atoms. The van der Waals surface area contributed by atoms with Gasteiger partial charge in [-0.2, -0.15) is 0 Å². The van der Waals surface area contributed by atoms with Crippen LogP contribution in [0.5, 0.6) is 5.75 Å². The van der Waals surface area contributed by atoms with Crippen molar-refractivity contribution in [3.05, 3.63) is 59.7 Å². The molecule has 2 rings (SSSR count). The Bertz CT molecular complexity index is 610. The van der Waals surface area contributed by atoms with E-state index in [1.54, 1.807) is 12.1 Å². The van der Waals surface area contributed by atoms with E-state index in [-0.39, 0.29) is 5.97 Å². The molecule has 0 radical (unpaired) electrons. The van der Waals surface area contributed by atoms with E-state index in [2.05, 4.69) is 5.32 Å². The van der Waals surface area contributed by atoms with Crippen LogP contribution in [0, 0.1) is 6.92 Å². The van der Waals surface area contributed by atoms with E-state index in [4.69, 9.17) is 9.47 Å². The number of anilines is 1. The van der Waals surface area contributed by atoms with Gasteiger partial charge in [0.2, 0.25) is 0 Å². The summed E-state index contributed by atoms with van der Waals surface area (Å²) in [4.78, 5) is 11.6. The summed E-state index contributed by atoms with van der Waals surface area (Å²) in [5.41, 5.74) is 2.38. The highest BCUT2D eigenvalue weighted by molar-refractivity contribution is 5.95. The summed E-state index contributed by atoms with van der Waals surface area (Å²) in [6.45, 7) is 3.12. The van der Waals surface area contributed by atoms with E-state index in [0.717, 1.165) is 17.0 Å². The first-order valence-electron chi connectivity index (χ1n) is 6.82. The SMILES string of the molecule is COC(=O)c1ccccc1NCCOc1ccccc1C. The molecule has 0 unspecified atom stereocenters. The lowest BCUT2D eigenvalue weighted by atomic mass is 10.2. The first-order chi connectivity index (χ1) is 10.2. The van der Waals surface area contributed by atoms with Gasteiger partial charge in [-0.1, -0.05) is 30.3 Å². The minimum absolute atomic E-state index is 0.349. The second-order valence-corrected chi connectivity index (χ2v) is 4.58. The molecule has 0 bridgehead atoms. The van der Waals surface area contributed by atoms with Crippen LogP contribution in [0.2, 0.25) is 0 Å². The molecule has 0 aliphatic rings. The zero-order valence-electron chi connectivity index (χ0n) is 12.3. The van der Waals surface area contributed by atoms with E-state index < -0.39 is 0 Å². The Kier molecular flexibility index (Phi) is 5.21. The van der Waals surface area contributed by atoms with Crippen molar-refractivity contribution in [2.45, 2.75) is 6.92 Å². The van der Waals surface area contributed by atoms with Gasteiger partial charge in [-0.15, -0.1) is 0 Å². The second kappa shape index (κ2) is 7.33. The van der Waals surface area contributed by atoms with Gasteiger partial charge in [0.05, 0.1) is 12.7 Å². The predicted molar refractivity (Wildman–Crippen MR) is 82.9 cm³/mol. The number of hydrogen-bond donors (Lipinski definition) is 1. The van der Waals surface area contributed by atoms with Crippen LogP contribution in [0.1, 0.15) is 15.9 Å². The minimum atomic E-state index is -0.349. The molecule has 0 aliphatic heterocycles. The minimum Gasteiger partial charge on any atom is -0.491 e. The molecule has 110 valence electrons. The molecule has 0 saturated carbocycles. The summed E-state index contributed by atoms with van der Waals surface area (Å²) in [6, 6.07) is 15.1. The number of methoxy groups -OCH3 is 1. The molecule has 0 spiro atoms.